The van der Waals surface area contributed by atoms with Gasteiger partial charge in [-0.05, 0) is 5.92 Å². The number of hydrogen-bond acceptors (Lipinski definition) is 3. The summed E-state index contributed by atoms with van der Waals surface area (Å²) in [6.45, 7) is 5.26. The predicted octanol–water partition coefficient (Wildman–Crippen LogP) is 1.06. The number of nitro groups is 1. The molecule has 0 aromatic carbocycles. The zero-order valence-electron chi connectivity index (χ0n) is 7.15. The molecule has 0 fully saturated rings. The highest BCUT2D eigenvalue weighted by molar-refractivity contribution is 4.69. The van der Waals surface area contributed by atoms with Crippen molar-refractivity contribution in [2.45, 2.75) is 39.3 Å². The minimum atomic E-state index is -0.824. The Morgan fingerprint density at radius 3 is 2.09 bits per heavy atom. The summed E-state index contributed by atoms with van der Waals surface area (Å²) in [4.78, 5) is 9.91. The van der Waals surface area contributed by atoms with Crippen molar-refractivity contribution < 1.29 is 10.0 Å². The minimum Gasteiger partial charge on any atom is -0.386 e. The second-order valence-corrected chi connectivity index (χ2v) is 3.00. The molecule has 1 N–H and O–H groups in total. The van der Waals surface area contributed by atoms with Crippen molar-refractivity contribution in [1.29, 1.82) is 0 Å². The molecule has 0 heterocycles. The van der Waals surface area contributed by atoms with Gasteiger partial charge in [0.2, 0.25) is 6.04 Å². The van der Waals surface area contributed by atoms with Gasteiger partial charge in [-0.1, -0.05) is 20.8 Å². The van der Waals surface area contributed by atoms with Crippen LogP contribution in [0.25, 0.3) is 0 Å². The van der Waals surface area contributed by atoms with Crippen LogP contribution in [0.5, 0.6) is 0 Å². The number of aliphatic hydroxyl groups excluding tert-OH is 1. The van der Waals surface area contributed by atoms with Crippen molar-refractivity contribution in [3.8, 4) is 0 Å². The van der Waals surface area contributed by atoms with E-state index in [9.17, 15) is 15.2 Å². The smallest absolute Gasteiger partial charge is 0.238 e. The maximum absolute atomic E-state index is 10.3. The standard InChI is InChI=1S/C7H15NO3/c1-4-6(8(10)11)7(9)5(2)3/h5-7,9H,4H2,1-3H3. The van der Waals surface area contributed by atoms with Crippen LogP contribution in [0.1, 0.15) is 27.2 Å². The summed E-state index contributed by atoms with van der Waals surface area (Å²) in [6.07, 6.45) is -0.443. The molecule has 0 radical (unpaired) electrons. The summed E-state index contributed by atoms with van der Waals surface area (Å²) in [5, 5.41) is 19.6. The molecular formula is C7H15NO3. The lowest BCUT2D eigenvalue weighted by atomic mass is 9.98. The van der Waals surface area contributed by atoms with Crippen LogP contribution in [0, 0.1) is 16.0 Å². The van der Waals surface area contributed by atoms with E-state index in [2.05, 4.69) is 0 Å². The third-order valence-corrected chi connectivity index (χ3v) is 1.77. The van der Waals surface area contributed by atoms with E-state index in [0.29, 0.717) is 6.42 Å². The topological polar surface area (TPSA) is 63.4 Å². The molecule has 0 aromatic rings. The van der Waals surface area contributed by atoms with E-state index in [1.807, 2.05) is 0 Å². The van der Waals surface area contributed by atoms with E-state index >= 15 is 0 Å². The summed E-state index contributed by atoms with van der Waals surface area (Å²) in [5.41, 5.74) is 0. The zero-order valence-corrected chi connectivity index (χ0v) is 7.15. The summed E-state index contributed by atoms with van der Waals surface area (Å²) < 4.78 is 0. The molecule has 0 saturated carbocycles. The molecule has 0 aliphatic rings. The lowest BCUT2D eigenvalue weighted by Gasteiger charge is -2.17. The number of nitrogens with zero attached hydrogens (tertiary/aromatic N) is 1. The zero-order chi connectivity index (χ0) is 9.02. The van der Waals surface area contributed by atoms with Gasteiger partial charge in [0, 0.05) is 11.3 Å². The second kappa shape index (κ2) is 4.28. The first kappa shape index (κ1) is 10.4. The predicted molar refractivity (Wildman–Crippen MR) is 41.9 cm³/mol. The van der Waals surface area contributed by atoms with E-state index in [0.717, 1.165) is 0 Å². The van der Waals surface area contributed by atoms with E-state index in [4.69, 9.17) is 0 Å². The average molecular weight is 161 g/mol. The quantitative estimate of drug-likeness (QED) is 0.495. The van der Waals surface area contributed by atoms with Gasteiger partial charge in [-0.3, -0.25) is 10.1 Å². The van der Waals surface area contributed by atoms with Crippen molar-refractivity contribution in [3.63, 3.8) is 0 Å². The van der Waals surface area contributed by atoms with Crippen LogP contribution in [0.2, 0.25) is 0 Å². The van der Waals surface area contributed by atoms with Crippen molar-refractivity contribution in [3.05, 3.63) is 10.1 Å². The van der Waals surface area contributed by atoms with E-state index in [1.54, 1.807) is 20.8 Å². The second-order valence-electron chi connectivity index (χ2n) is 3.00. The van der Waals surface area contributed by atoms with E-state index in [1.165, 1.54) is 0 Å². The molecule has 66 valence electrons. The maximum Gasteiger partial charge on any atom is 0.238 e. The fraction of sp³-hybridized carbons (Fsp3) is 1.00. The lowest BCUT2D eigenvalue weighted by Crippen LogP contribution is -2.36. The molecule has 0 aliphatic heterocycles. The Labute approximate surface area is 66.4 Å². The minimum absolute atomic E-state index is 0.0506. The number of aliphatic hydroxyl groups is 1. The Morgan fingerprint density at radius 1 is 1.55 bits per heavy atom. The van der Waals surface area contributed by atoms with Gasteiger partial charge >= 0.3 is 0 Å². The monoisotopic (exact) mass is 161 g/mol. The molecule has 4 nitrogen and oxygen atoms in total. The Hall–Kier alpha value is -0.640. The highest BCUT2D eigenvalue weighted by atomic mass is 16.6. The Bertz CT molecular complexity index is 136. The lowest BCUT2D eigenvalue weighted by molar-refractivity contribution is -0.536. The van der Waals surface area contributed by atoms with Crippen molar-refractivity contribution in [1.82, 2.24) is 0 Å². The van der Waals surface area contributed by atoms with Crippen molar-refractivity contribution >= 4 is 0 Å². The summed E-state index contributed by atoms with van der Waals surface area (Å²) >= 11 is 0. The van der Waals surface area contributed by atoms with Crippen LogP contribution < -0.4 is 0 Å². The number of hydrogen-bond donors (Lipinski definition) is 1. The Kier molecular flexibility index (Phi) is 4.03. The summed E-state index contributed by atoms with van der Waals surface area (Å²) in [7, 11) is 0. The molecular weight excluding hydrogens is 146 g/mol. The molecule has 0 aliphatic carbocycles. The molecule has 0 saturated heterocycles. The highest BCUT2D eigenvalue weighted by Crippen LogP contribution is 2.11. The first-order chi connectivity index (χ1) is 5.00. The fourth-order valence-electron chi connectivity index (χ4n) is 0.960. The molecule has 2 atom stereocenters. The fourth-order valence-corrected chi connectivity index (χ4v) is 0.960. The molecule has 0 aromatic heterocycles. The van der Waals surface area contributed by atoms with Gasteiger partial charge < -0.3 is 5.11 Å². The van der Waals surface area contributed by atoms with Gasteiger partial charge in [-0.25, -0.2) is 0 Å². The number of rotatable bonds is 4. The Morgan fingerprint density at radius 2 is 2.00 bits per heavy atom. The normalized spacial score (nSPS) is 16.5. The molecule has 0 spiro atoms. The molecule has 2 unspecified atom stereocenters. The maximum atomic E-state index is 10.3. The van der Waals surface area contributed by atoms with Gasteiger partial charge in [0.1, 0.15) is 6.10 Å². The largest absolute Gasteiger partial charge is 0.386 e. The SMILES string of the molecule is CCC(C(O)C(C)C)[N+](=O)[O-]. The first-order valence-electron chi connectivity index (χ1n) is 3.82. The van der Waals surface area contributed by atoms with Gasteiger partial charge in [0.25, 0.3) is 0 Å². The van der Waals surface area contributed by atoms with Gasteiger partial charge in [0.05, 0.1) is 0 Å². The van der Waals surface area contributed by atoms with Crippen LogP contribution in [0.4, 0.5) is 0 Å². The highest BCUT2D eigenvalue weighted by Gasteiger charge is 2.29. The van der Waals surface area contributed by atoms with E-state index < -0.39 is 17.1 Å². The van der Waals surface area contributed by atoms with Crippen LogP contribution >= 0.6 is 0 Å². The molecule has 0 rings (SSSR count). The summed E-state index contributed by atoms with van der Waals surface area (Å²) in [5.74, 6) is -0.0506. The molecule has 4 heteroatoms. The van der Waals surface area contributed by atoms with Crippen LogP contribution in [0.15, 0.2) is 0 Å². The van der Waals surface area contributed by atoms with Crippen LogP contribution in [-0.4, -0.2) is 22.2 Å². The molecule has 0 bridgehead atoms. The van der Waals surface area contributed by atoms with Gasteiger partial charge in [-0.15, -0.1) is 0 Å². The van der Waals surface area contributed by atoms with Gasteiger partial charge in [-0.2, -0.15) is 0 Å². The van der Waals surface area contributed by atoms with Crippen LogP contribution in [0.3, 0.4) is 0 Å². The van der Waals surface area contributed by atoms with Crippen molar-refractivity contribution in [2.24, 2.45) is 5.92 Å². The average Bonchev–Trinajstić information content (AvgIpc) is 1.88. The Balaban J connectivity index is 4.14. The third kappa shape index (κ3) is 2.84. The first-order valence-corrected chi connectivity index (χ1v) is 3.82. The van der Waals surface area contributed by atoms with E-state index in [-0.39, 0.29) is 5.92 Å². The van der Waals surface area contributed by atoms with Crippen molar-refractivity contribution in [2.75, 3.05) is 0 Å². The van der Waals surface area contributed by atoms with Gasteiger partial charge in [0.15, 0.2) is 0 Å². The van der Waals surface area contributed by atoms with Crippen LogP contribution in [-0.2, 0) is 0 Å². The third-order valence-electron chi connectivity index (χ3n) is 1.77. The molecule has 11 heavy (non-hydrogen) atoms. The molecule has 0 amide bonds. The summed E-state index contributed by atoms with van der Waals surface area (Å²) in [6, 6.07) is -0.810.